The molecule has 0 aromatic carbocycles. The Balaban J connectivity index is 1.88. The van der Waals surface area contributed by atoms with Gasteiger partial charge in [-0.05, 0) is 57.6 Å². The summed E-state index contributed by atoms with van der Waals surface area (Å²) in [4.78, 5) is 31.5. The third-order valence-corrected chi connectivity index (χ3v) is 9.55. The smallest absolute Gasteiger partial charge is 0.223 e. The van der Waals surface area contributed by atoms with Crippen LogP contribution in [0.5, 0.6) is 0 Å². The van der Waals surface area contributed by atoms with E-state index >= 15 is 0 Å². The molecule has 8 heteroatoms. The zero-order valence-electron chi connectivity index (χ0n) is 24.3. The number of nitrogens with zero attached hydrogens (tertiary/aromatic N) is 1. The molecule has 214 valence electrons. The van der Waals surface area contributed by atoms with E-state index in [1.54, 1.807) is 25.2 Å². The van der Waals surface area contributed by atoms with Gasteiger partial charge in [0.1, 0.15) is 5.78 Å². The van der Waals surface area contributed by atoms with Gasteiger partial charge in [-0.3, -0.25) is 9.59 Å². The van der Waals surface area contributed by atoms with Crippen molar-refractivity contribution < 1.29 is 24.5 Å². The molecule has 2 saturated heterocycles. The molecule has 7 nitrogen and oxygen atoms in total. The number of aliphatic hydroxyl groups excluding tert-OH is 2. The highest BCUT2D eigenvalue weighted by Gasteiger charge is 2.52. The van der Waals surface area contributed by atoms with Gasteiger partial charge in [-0.15, -0.1) is 11.3 Å². The number of rotatable bonds is 5. The number of unbranched alkanes of at least 4 members (excludes halogenated alkanes) is 1. The molecule has 0 spiro atoms. The van der Waals surface area contributed by atoms with Gasteiger partial charge in [-0.1, -0.05) is 47.0 Å². The summed E-state index contributed by atoms with van der Waals surface area (Å²) in [6.45, 7) is 13.5. The average Bonchev–Trinajstić information content (AvgIpc) is 3.29. The van der Waals surface area contributed by atoms with Gasteiger partial charge in [0.25, 0.3) is 0 Å². The molecule has 3 rings (SSSR count). The van der Waals surface area contributed by atoms with Crippen LogP contribution < -0.4 is 5.32 Å². The molecule has 7 atom stereocenters. The molecule has 1 aromatic heterocycles. The van der Waals surface area contributed by atoms with Crippen LogP contribution in [0.15, 0.2) is 11.0 Å². The first-order chi connectivity index (χ1) is 17.8. The molecule has 2 aliphatic rings. The number of thiazole rings is 1. The predicted molar refractivity (Wildman–Crippen MR) is 152 cm³/mol. The fraction of sp³-hybridized carbons (Fsp3) is 0.767. The highest BCUT2D eigenvalue weighted by molar-refractivity contribution is 7.09. The van der Waals surface area contributed by atoms with E-state index in [1.165, 1.54) is 0 Å². The van der Waals surface area contributed by atoms with Crippen molar-refractivity contribution in [3.8, 4) is 0 Å². The van der Waals surface area contributed by atoms with Crippen LogP contribution in [-0.2, 0) is 14.3 Å². The summed E-state index contributed by atoms with van der Waals surface area (Å²) in [7, 11) is 0. The van der Waals surface area contributed by atoms with Crippen LogP contribution in [0.25, 0.3) is 6.08 Å². The molecule has 2 aliphatic heterocycles. The minimum Gasteiger partial charge on any atom is -0.392 e. The molecule has 1 aromatic rings. The average molecular weight is 549 g/mol. The summed E-state index contributed by atoms with van der Waals surface area (Å²) >= 11 is 1.58. The number of aliphatic hydroxyl groups is 2. The van der Waals surface area contributed by atoms with Gasteiger partial charge < -0.3 is 20.3 Å². The number of nitrogens with one attached hydrogen (secondary N) is 1. The minimum atomic E-state index is -1.16. The number of carbonyl (C=O) groups is 2. The standard InChI is InChI=1S/C30H48N2O5S/c1-8-9-12-22-27(35)18(2)11-10-13-30(7)25(37-30)15-23(19(3)14-21-17-38-20(4)31-21)32-26(34)16-24(33)29(5,6)28(22)36/h14,17-18,22-25,27,33,35H,8-13,15-16H2,1-7H3,(H,32,34)/b19-14+/t18-,22+,23-,24-,25-,27-,30+/m0/s1. The second-order valence-corrected chi connectivity index (χ2v) is 13.4. The number of Topliss-reactive ketones (excluding diaryl/α,β-unsaturated/α-hetero) is 1. The van der Waals surface area contributed by atoms with Gasteiger partial charge in [-0.25, -0.2) is 4.98 Å². The Morgan fingerprint density at radius 2 is 2.00 bits per heavy atom. The third kappa shape index (κ3) is 7.52. The van der Waals surface area contributed by atoms with Gasteiger partial charge in [-0.2, -0.15) is 0 Å². The normalized spacial score (nSPS) is 35.4. The van der Waals surface area contributed by atoms with Crippen molar-refractivity contribution in [2.24, 2.45) is 17.3 Å². The summed E-state index contributed by atoms with van der Waals surface area (Å²) in [5.74, 6) is -1.09. The summed E-state index contributed by atoms with van der Waals surface area (Å²) in [5.41, 5.74) is 0.415. The fourth-order valence-corrected chi connectivity index (χ4v) is 6.28. The molecule has 3 N–H and O–H groups in total. The van der Waals surface area contributed by atoms with Gasteiger partial charge in [0, 0.05) is 17.7 Å². The number of hydrogen-bond donors (Lipinski definition) is 3. The zero-order valence-corrected chi connectivity index (χ0v) is 25.1. The van der Waals surface area contributed by atoms with Gasteiger partial charge in [0.05, 0.1) is 52.5 Å². The van der Waals surface area contributed by atoms with E-state index < -0.39 is 23.5 Å². The van der Waals surface area contributed by atoms with Crippen molar-refractivity contribution in [3.63, 3.8) is 0 Å². The molecule has 1 amide bonds. The Morgan fingerprint density at radius 1 is 1.29 bits per heavy atom. The number of carbonyl (C=O) groups excluding carboxylic acids is 2. The first kappa shape index (κ1) is 30.9. The summed E-state index contributed by atoms with van der Waals surface area (Å²) in [5, 5.41) is 28.5. The molecule has 0 unspecified atom stereocenters. The van der Waals surface area contributed by atoms with Gasteiger partial charge in [0.15, 0.2) is 0 Å². The molecule has 0 aliphatic carbocycles. The lowest BCUT2D eigenvalue weighted by Crippen LogP contribution is -2.48. The molecular formula is C30H48N2O5S. The third-order valence-electron chi connectivity index (χ3n) is 8.76. The second-order valence-electron chi connectivity index (χ2n) is 12.4. The maximum Gasteiger partial charge on any atom is 0.223 e. The van der Waals surface area contributed by atoms with E-state index in [1.807, 2.05) is 32.2 Å². The molecule has 0 bridgehead atoms. The van der Waals surface area contributed by atoms with E-state index in [-0.39, 0.29) is 41.8 Å². The monoisotopic (exact) mass is 548 g/mol. The molecule has 0 saturated carbocycles. The Hall–Kier alpha value is -1.61. The number of ketones is 1. The summed E-state index contributed by atoms with van der Waals surface area (Å²) < 4.78 is 6.15. The Labute approximate surface area is 232 Å². The first-order valence-electron chi connectivity index (χ1n) is 14.3. The maximum atomic E-state index is 13.7. The number of ether oxygens (including phenoxy) is 1. The first-order valence-corrected chi connectivity index (χ1v) is 15.1. The van der Waals surface area contributed by atoms with E-state index in [0.717, 1.165) is 48.4 Å². The van der Waals surface area contributed by atoms with Gasteiger partial charge in [0.2, 0.25) is 5.91 Å². The minimum absolute atomic E-state index is 0.0155. The van der Waals surface area contributed by atoms with Crippen molar-refractivity contribution in [2.45, 2.75) is 130 Å². The molecular weight excluding hydrogens is 500 g/mol. The van der Waals surface area contributed by atoms with Crippen molar-refractivity contribution in [2.75, 3.05) is 0 Å². The zero-order chi connectivity index (χ0) is 28.3. The molecule has 2 fully saturated rings. The van der Waals surface area contributed by atoms with Crippen molar-refractivity contribution in [3.05, 3.63) is 21.7 Å². The quantitative estimate of drug-likeness (QED) is 0.435. The summed E-state index contributed by atoms with van der Waals surface area (Å²) in [6, 6.07) is -0.270. The Morgan fingerprint density at radius 3 is 2.63 bits per heavy atom. The van der Waals surface area contributed by atoms with Crippen LogP contribution in [0, 0.1) is 24.2 Å². The van der Waals surface area contributed by atoms with E-state index in [9.17, 15) is 19.8 Å². The largest absolute Gasteiger partial charge is 0.392 e. The van der Waals surface area contributed by atoms with Crippen LogP contribution >= 0.6 is 11.3 Å². The van der Waals surface area contributed by atoms with Crippen LogP contribution in [0.2, 0.25) is 0 Å². The SMILES string of the molecule is CCCC[C@H]1C(=O)C(C)(C)[C@@H](O)CC(=O)N[C@H](/C(C)=C/c2csc(C)n2)C[C@@H]2O[C@]2(C)CCC[C@H](C)[C@@H]1O. The fourth-order valence-electron chi connectivity index (χ4n) is 5.71. The Bertz CT molecular complexity index is 1000. The molecule has 3 heterocycles. The lowest BCUT2D eigenvalue weighted by atomic mass is 9.70. The number of hydrogen-bond acceptors (Lipinski definition) is 7. The highest BCUT2D eigenvalue weighted by atomic mass is 32.1. The van der Waals surface area contributed by atoms with Crippen molar-refractivity contribution in [1.29, 1.82) is 0 Å². The van der Waals surface area contributed by atoms with Crippen LogP contribution in [0.4, 0.5) is 0 Å². The Kier molecular flexibility index (Phi) is 10.3. The topological polar surface area (TPSA) is 112 Å². The maximum absolute atomic E-state index is 13.7. The lowest BCUT2D eigenvalue weighted by molar-refractivity contribution is -0.144. The van der Waals surface area contributed by atoms with E-state index in [2.05, 4.69) is 24.1 Å². The number of fused-ring (bicyclic) bond motifs is 1. The van der Waals surface area contributed by atoms with Crippen LogP contribution in [-0.4, -0.2) is 56.8 Å². The van der Waals surface area contributed by atoms with Crippen LogP contribution in [0.3, 0.4) is 0 Å². The van der Waals surface area contributed by atoms with Crippen molar-refractivity contribution >= 4 is 29.1 Å². The van der Waals surface area contributed by atoms with Crippen LogP contribution in [0.1, 0.15) is 104 Å². The van der Waals surface area contributed by atoms with E-state index in [4.69, 9.17) is 4.74 Å². The highest BCUT2D eigenvalue weighted by Crippen LogP contribution is 2.44. The number of amides is 1. The number of aryl methyl sites for hydroxylation is 1. The number of aromatic nitrogens is 1. The second kappa shape index (κ2) is 12.7. The predicted octanol–water partition coefficient (Wildman–Crippen LogP) is 5.22. The van der Waals surface area contributed by atoms with Gasteiger partial charge >= 0.3 is 0 Å². The molecule has 38 heavy (non-hydrogen) atoms. The number of epoxide rings is 1. The van der Waals surface area contributed by atoms with E-state index in [0.29, 0.717) is 12.8 Å². The summed E-state index contributed by atoms with van der Waals surface area (Å²) in [6.07, 6.45) is 5.38. The van der Waals surface area contributed by atoms with Crippen molar-refractivity contribution in [1.82, 2.24) is 10.3 Å². The molecule has 0 radical (unpaired) electrons. The lowest BCUT2D eigenvalue weighted by Gasteiger charge is -2.36.